The maximum absolute atomic E-state index is 5.06. The lowest BCUT2D eigenvalue weighted by Gasteiger charge is -2.41. The summed E-state index contributed by atoms with van der Waals surface area (Å²) < 4.78 is 0. The molecule has 286 valence electrons. The zero-order valence-corrected chi connectivity index (χ0v) is 33.5. The van der Waals surface area contributed by atoms with Crippen LogP contribution in [-0.4, -0.2) is 21.7 Å². The van der Waals surface area contributed by atoms with Crippen molar-refractivity contribution in [3.05, 3.63) is 212 Å². The highest BCUT2D eigenvalue weighted by Gasteiger charge is 2.38. The van der Waals surface area contributed by atoms with E-state index in [1.165, 1.54) is 38.2 Å². The first-order valence-electron chi connectivity index (χ1n) is 20.2. The molecule has 0 bridgehead atoms. The molecule has 10 rings (SSSR count). The SMILES string of the molecule is C=CC1=C(N=C)N(c2ccccc2)c2ccc(-c3c4ccccc4c(-c4cccc(-c5nc(-c6ccccc6)nc(-c6ccccc6)n5)c4)c4ccccc34)cc2C1(C)C. The summed E-state index contributed by atoms with van der Waals surface area (Å²) in [6.45, 7) is 12.8. The van der Waals surface area contributed by atoms with Gasteiger partial charge in [0.15, 0.2) is 17.5 Å². The number of fused-ring (bicyclic) bond motifs is 3. The maximum atomic E-state index is 5.06. The molecule has 0 aliphatic carbocycles. The van der Waals surface area contributed by atoms with Crippen molar-refractivity contribution in [1.29, 1.82) is 0 Å². The van der Waals surface area contributed by atoms with Crippen LogP contribution >= 0.6 is 0 Å². The predicted octanol–water partition coefficient (Wildman–Crippen LogP) is 14.0. The topological polar surface area (TPSA) is 54.3 Å². The molecule has 9 aromatic rings. The fourth-order valence-electron chi connectivity index (χ4n) is 8.89. The summed E-state index contributed by atoms with van der Waals surface area (Å²) in [7, 11) is 0. The van der Waals surface area contributed by atoms with Crippen LogP contribution in [0.1, 0.15) is 19.4 Å². The van der Waals surface area contributed by atoms with Crippen molar-refractivity contribution in [2.24, 2.45) is 4.99 Å². The molecule has 0 N–H and O–H groups in total. The van der Waals surface area contributed by atoms with Gasteiger partial charge in [-0.2, -0.15) is 0 Å². The third kappa shape index (κ3) is 6.11. The number of aromatic nitrogens is 3. The van der Waals surface area contributed by atoms with Crippen molar-refractivity contribution in [3.8, 4) is 56.4 Å². The van der Waals surface area contributed by atoms with E-state index in [2.05, 4.69) is 152 Å². The molecule has 2 heterocycles. The van der Waals surface area contributed by atoms with Crippen LogP contribution < -0.4 is 4.90 Å². The Labute approximate surface area is 350 Å². The Balaban J connectivity index is 1.17. The maximum Gasteiger partial charge on any atom is 0.164 e. The second-order valence-electron chi connectivity index (χ2n) is 15.6. The number of anilines is 2. The molecule has 8 aromatic carbocycles. The van der Waals surface area contributed by atoms with Gasteiger partial charge in [-0.3, -0.25) is 4.90 Å². The molecule has 0 unspecified atom stereocenters. The minimum atomic E-state index is -0.392. The third-order valence-electron chi connectivity index (χ3n) is 11.7. The fraction of sp³-hybridized carbons (Fsp3) is 0.0545. The van der Waals surface area contributed by atoms with Gasteiger partial charge in [-0.25, -0.2) is 19.9 Å². The molecule has 1 aliphatic heterocycles. The van der Waals surface area contributed by atoms with Crippen molar-refractivity contribution >= 4 is 39.6 Å². The van der Waals surface area contributed by atoms with Crippen LogP contribution in [0.25, 0.3) is 78.0 Å². The minimum absolute atomic E-state index is 0.392. The van der Waals surface area contributed by atoms with Crippen molar-refractivity contribution < 1.29 is 0 Å². The Morgan fingerprint density at radius 1 is 0.483 bits per heavy atom. The summed E-state index contributed by atoms with van der Waals surface area (Å²) in [4.78, 5) is 21.9. The summed E-state index contributed by atoms with van der Waals surface area (Å²) in [6.07, 6.45) is 1.94. The van der Waals surface area contributed by atoms with Crippen LogP contribution in [-0.2, 0) is 5.41 Å². The Kier molecular flexibility index (Phi) is 9.07. The Morgan fingerprint density at radius 3 is 1.42 bits per heavy atom. The summed E-state index contributed by atoms with van der Waals surface area (Å²) in [5, 5.41) is 4.69. The van der Waals surface area contributed by atoms with Crippen LogP contribution in [0, 0.1) is 0 Å². The number of benzene rings is 8. The van der Waals surface area contributed by atoms with E-state index in [4.69, 9.17) is 15.0 Å². The summed E-state index contributed by atoms with van der Waals surface area (Å²) in [5.74, 6) is 2.70. The van der Waals surface area contributed by atoms with E-state index in [-0.39, 0.29) is 0 Å². The van der Waals surface area contributed by atoms with E-state index in [0.29, 0.717) is 17.5 Å². The summed E-state index contributed by atoms with van der Waals surface area (Å²) in [6, 6.07) is 63.6. The van der Waals surface area contributed by atoms with Crippen molar-refractivity contribution in [3.63, 3.8) is 0 Å². The number of hydrogen-bond acceptors (Lipinski definition) is 5. The largest absolute Gasteiger partial charge is 0.295 e. The molecule has 5 nitrogen and oxygen atoms in total. The van der Waals surface area contributed by atoms with E-state index >= 15 is 0 Å². The molecule has 0 spiro atoms. The first kappa shape index (κ1) is 36.6. The monoisotopic (exact) mass is 771 g/mol. The average molecular weight is 772 g/mol. The number of para-hydroxylation sites is 1. The Hall–Kier alpha value is -7.76. The van der Waals surface area contributed by atoms with E-state index < -0.39 is 5.41 Å². The van der Waals surface area contributed by atoms with Gasteiger partial charge in [0, 0.05) is 33.4 Å². The van der Waals surface area contributed by atoms with Gasteiger partial charge in [0.25, 0.3) is 0 Å². The normalized spacial score (nSPS) is 13.3. The second kappa shape index (κ2) is 14.9. The number of allylic oxidation sites excluding steroid dienone is 2. The molecule has 0 radical (unpaired) electrons. The first-order chi connectivity index (χ1) is 29.4. The number of aliphatic imine (C=N–C) groups is 1. The van der Waals surface area contributed by atoms with Crippen LogP contribution in [0.4, 0.5) is 11.4 Å². The van der Waals surface area contributed by atoms with Gasteiger partial charge in [0.05, 0.1) is 5.69 Å². The molecule has 1 aromatic heterocycles. The van der Waals surface area contributed by atoms with Crippen LogP contribution in [0.2, 0.25) is 0 Å². The van der Waals surface area contributed by atoms with Gasteiger partial charge >= 0.3 is 0 Å². The highest BCUT2D eigenvalue weighted by Crippen LogP contribution is 2.51. The lowest BCUT2D eigenvalue weighted by molar-refractivity contribution is 0.616. The minimum Gasteiger partial charge on any atom is -0.295 e. The number of rotatable bonds is 8. The predicted molar refractivity (Wildman–Crippen MR) is 250 cm³/mol. The molecule has 1 aliphatic rings. The van der Waals surface area contributed by atoms with E-state index in [0.717, 1.165) is 50.6 Å². The van der Waals surface area contributed by atoms with Crippen LogP contribution in [0.3, 0.4) is 0 Å². The third-order valence-corrected chi connectivity index (χ3v) is 11.7. The lowest BCUT2D eigenvalue weighted by Crippen LogP contribution is -2.33. The lowest BCUT2D eigenvalue weighted by atomic mass is 9.73. The Bertz CT molecular complexity index is 3040. The second-order valence-corrected chi connectivity index (χ2v) is 15.6. The van der Waals surface area contributed by atoms with E-state index in [9.17, 15) is 0 Å². The van der Waals surface area contributed by atoms with Gasteiger partial charge in [0.1, 0.15) is 5.82 Å². The highest BCUT2D eigenvalue weighted by atomic mass is 15.2. The molecule has 0 fully saturated rings. The average Bonchev–Trinajstić information content (AvgIpc) is 3.31. The zero-order chi connectivity index (χ0) is 40.8. The van der Waals surface area contributed by atoms with Crippen molar-refractivity contribution in [1.82, 2.24) is 15.0 Å². The molecule has 0 saturated carbocycles. The fourth-order valence-corrected chi connectivity index (χ4v) is 8.89. The van der Waals surface area contributed by atoms with Gasteiger partial charge in [-0.15, -0.1) is 0 Å². The standard InChI is InChI=1S/C55H41N5/c1-5-46-54(56-4)60(41-26-13-8-14-27-41)48-33-32-39(35-47(48)55(46,2)3)50-44-30-17-15-28-42(44)49(43-29-16-18-31-45(43)50)38-24-19-25-40(34-38)53-58-51(36-20-9-6-10-21-36)57-52(59-53)37-22-11-7-12-23-37/h5-35H,1,4H2,2-3H3. The smallest absolute Gasteiger partial charge is 0.164 e. The molecule has 0 atom stereocenters. The molecule has 60 heavy (non-hydrogen) atoms. The number of hydrogen-bond donors (Lipinski definition) is 0. The van der Waals surface area contributed by atoms with Crippen LogP contribution in [0.15, 0.2) is 211 Å². The number of nitrogens with zero attached hydrogens (tertiary/aromatic N) is 5. The van der Waals surface area contributed by atoms with Gasteiger partial charge in [0.2, 0.25) is 0 Å². The molecule has 0 amide bonds. The Morgan fingerprint density at radius 2 is 0.917 bits per heavy atom. The van der Waals surface area contributed by atoms with Crippen LogP contribution in [0.5, 0.6) is 0 Å². The highest BCUT2D eigenvalue weighted by molar-refractivity contribution is 6.21. The van der Waals surface area contributed by atoms with E-state index in [1.54, 1.807) is 0 Å². The van der Waals surface area contributed by atoms with Gasteiger partial charge in [-0.05, 0) is 86.4 Å². The summed E-state index contributed by atoms with van der Waals surface area (Å²) >= 11 is 0. The molecule has 5 heteroatoms. The summed E-state index contributed by atoms with van der Waals surface area (Å²) in [5.41, 5.74) is 11.3. The molecular weight excluding hydrogens is 731 g/mol. The zero-order valence-electron chi connectivity index (χ0n) is 33.5. The molecule has 0 saturated heterocycles. The first-order valence-corrected chi connectivity index (χ1v) is 20.2. The van der Waals surface area contributed by atoms with Crippen molar-refractivity contribution in [2.45, 2.75) is 19.3 Å². The molecular formula is C55H41N5. The van der Waals surface area contributed by atoms with Crippen molar-refractivity contribution in [2.75, 3.05) is 4.90 Å². The quantitative estimate of drug-likeness (QED) is 0.114. The van der Waals surface area contributed by atoms with E-state index in [1.807, 2.05) is 72.8 Å². The van der Waals surface area contributed by atoms with Gasteiger partial charge < -0.3 is 0 Å². The van der Waals surface area contributed by atoms with Gasteiger partial charge in [-0.1, -0.05) is 178 Å².